The summed E-state index contributed by atoms with van der Waals surface area (Å²) in [6.07, 6.45) is 63.9. The fourth-order valence-corrected chi connectivity index (χ4v) is 9.80. The van der Waals surface area contributed by atoms with E-state index in [0.717, 1.165) is 122 Å². The zero-order chi connectivity index (χ0) is 60.3. The Kier molecular flexibility index (Phi) is 54.0. The van der Waals surface area contributed by atoms with Gasteiger partial charge < -0.3 is 39.0 Å². The molecule has 0 aliphatic carbocycles. The molecule has 1 rings (SSSR count). The average Bonchev–Trinajstić information content (AvgIpc) is 3.57. The molecule has 1 aliphatic heterocycles. The van der Waals surface area contributed by atoms with Crippen LogP contribution in [0.15, 0.2) is 85.1 Å². The normalized spacial score (nSPS) is 18.1. The number of carboxylic acids is 1. The van der Waals surface area contributed by atoms with E-state index in [1.54, 1.807) is 0 Å². The van der Waals surface area contributed by atoms with Gasteiger partial charge in [0.1, 0.15) is 18.8 Å². The van der Waals surface area contributed by atoms with Gasteiger partial charge in [-0.25, -0.2) is 4.79 Å². The molecular weight excluding hydrogens is 1040 g/mol. The van der Waals surface area contributed by atoms with Crippen LogP contribution in [0.25, 0.3) is 0 Å². The Bertz CT molecular complexity index is 1760. The number of ether oxygens (including phenoxy) is 5. The number of hydrogen-bond donors (Lipinski definition) is 3. The summed E-state index contributed by atoms with van der Waals surface area (Å²) >= 11 is 0. The Labute approximate surface area is 505 Å². The number of hydrogen-bond acceptors (Lipinski definition) is 11. The van der Waals surface area contributed by atoms with Gasteiger partial charge in [0, 0.05) is 19.3 Å². The summed E-state index contributed by atoms with van der Waals surface area (Å²) in [5.41, 5.74) is 0. The lowest BCUT2D eigenvalue weighted by atomic mass is 9.98. The van der Waals surface area contributed by atoms with Crippen LogP contribution in [0.2, 0.25) is 0 Å². The number of allylic oxidation sites excluding steroid dienone is 14. The number of esters is 3. The Morgan fingerprint density at radius 1 is 0.410 bits per heavy atom. The molecule has 476 valence electrons. The highest BCUT2D eigenvalue weighted by atomic mass is 16.7. The maximum Gasteiger partial charge on any atom is 0.335 e. The summed E-state index contributed by atoms with van der Waals surface area (Å²) in [6, 6.07) is 0. The topological polar surface area (TPSA) is 175 Å². The molecule has 1 aliphatic rings. The van der Waals surface area contributed by atoms with Crippen molar-refractivity contribution in [2.75, 3.05) is 13.2 Å². The van der Waals surface area contributed by atoms with Crippen molar-refractivity contribution >= 4 is 23.9 Å². The standard InChI is InChI=1S/C71H120O12/c1-4-7-10-13-16-19-22-25-28-30-32-34-37-39-42-45-48-51-54-57-63(72)79-60-62(81-64(73)58-55-52-49-46-43-41-38-35-33-31-29-26-23-20-17-14-11-8-5-2)61-80-71-69(67(76)66(75)68(83-71)70(77)78)82-65(74)59-56-53-50-47-44-40-36-27-24-21-18-15-12-9-6-3/h9,12,16-21,25-29,36,62,66-69,71,75-76H,4-8,10-11,13-15,22-24,30-35,37-61H2,1-3H3,(H,77,78)/b12-9-,19-16-,20-17-,21-18-,28-25-,29-26-,36-27-. The largest absolute Gasteiger partial charge is 0.479 e. The van der Waals surface area contributed by atoms with E-state index >= 15 is 0 Å². The van der Waals surface area contributed by atoms with Crippen LogP contribution < -0.4 is 0 Å². The molecule has 0 bridgehead atoms. The van der Waals surface area contributed by atoms with Crippen LogP contribution in [-0.2, 0) is 42.9 Å². The second-order valence-electron chi connectivity index (χ2n) is 22.7. The summed E-state index contributed by atoms with van der Waals surface area (Å²) in [4.78, 5) is 51.4. The Morgan fingerprint density at radius 3 is 1.16 bits per heavy atom. The zero-order valence-electron chi connectivity index (χ0n) is 52.7. The van der Waals surface area contributed by atoms with Gasteiger partial charge in [-0.15, -0.1) is 0 Å². The molecule has 3 N–H and O–H groups in total. The van der Waals surface area contributed by atoms with Gasteiger partial charge in [0.15, 0.2) is 24.6 Å². The number of aliphatic carboxylic acids is 1. The minimum Gasteiger partial charge on any atom is -0.479 e. The van der Waals surface area contributed by atoms with Crippen molar-refractivity contribution in [1.82, 2.24) is 0 Å². The lowest BCUT2D eigenvalue weighted by molar-refractivity contribution is -0.301. The molecular formula is C71H120O12. The Hall–Kier alpha value is -4.10. The molecule has 6 unspecified atom stereocenters. The van der Waals surface area contributed by atoms with E-state index in [0.29, 0.717) is 19.3 Å². The fourth-order valence-electron chi connectivity index (χ4n) is 9.80. The third-order valence-corrected chi connectivity index (χ3v) is 14.9. The summed E-state index contributed by atoms with van der Waals surface area (Å²) in [5.74, 6) is -3.14. The number of carbonyl (C=O) groups is 4. The first-order chi connectivity index (χ1) is 40.6. The van der Waals surface area contributed by atoms with Gasteiger partial charge in [-0.3, -0.25) is 14.4 Å². The van der Waals surface area contributed by atoms with Gasteiger partial charge in [0.05, 0.1) is 6.61 Å². The average molecular weight is 1170 g/mol. The minimum absolute atomic E-state index is 0.0381. The van der Waals surface area contributed by atoms with Gasteiger partial charge in [-0.2, -0.15) is 0 Å². The molecule has 0 aromatic heterocycles. The van der Waals surface area contributed by atoms with Gasteiger partial charge in [-0.1, -0.05) is 241 Å². The highest BCUT2D eigenvalue weighted by molar-refractivity contribution is 5.74. The molecule has 1 heterocycles. The van der Waals surface area contributed by atoms with E-state index in [4.69, 9.17) is 23.7 Å². The van der Waals surface area contributed by atoms with Crippen molar-refractivity contribution in [1.29, 1.82) is 0 Å². The molecule has 6 atom stereocenters. The van der Waals surface area contributed by atoms with Gasteiger partial charge >= 0.3 is 23.9 Å². The van der Waals surface area contributed by atoms with Gasteiger partial charge in [-0.05, 0) is 116 Å². The van der Waals surface area contributed by atoms with Crippen LogP contribution in [0.5, 0.6) is 0 Å². The van der Waals surface area contributed by atoms with E-state index in [1.165, 1.54) is 109 Å². The highest BCUT2D eigenvalue weighted by Gasteiger charge is 2.50. The van der Waals surface area contributed by atoms with Crippen molar-refractivity contribution in [3.8, 4) is 0 Å². The third kappa shape index (κ3) is 47.8. The fraction of sp³-hybridized carbons (Fsp3) is 0.746. The first-order valence-electron chi connectivity index (χ1n) is 33.6. The van der Waals surface area contributed by atoms with E-state index in [-0.39, 0.29) is 25.9 Å². The van der Waals surface area contributed by atoms with Crippen LogP contribution in [0, 0.1) is 0 Å². The van der Waals surface area contributed by atoms with Crippen molar-refractivity contribution in [2.24, 2.45) is 0 Å². The van der Waals surface area contributed by atoms with Gasteiger partial charge in [0.2, 0.25) is 0 Å². The van der Waals surface area contributed by atoms with Crippen molar-refractivity contribution in [3.63, 3.8) is 0 Å². The molecule has 0 spiro atoms. The summed E-state index contributed by atoms with van der Waals surface area (Å²) < 4.78 is 28.6. The molecule has 83 heavy (non-hydrogen) atoms. The van der Waals surface area contributed by atoms with Crippen molar-refractivity contribution in [2.45, 2.75) is 327 Å². The number of aliphatic hydroxyl groups excluding tert-OH is 2. The van der Waals surface area contributed by atoms with E-state index in [1.807, 2.05) is 0 Å². The molecule has 1 saturated heterocycles. The molecule has 0 saturated carbocycles. The highest BCUT2D eigenvalue weighted by Crippen LogP contribution is 2.27. The SMILES string of the molecule is CC/C=C\C/C=C\C/C=C\CCCCCCCC(=O)OC1C(OCC(COC(=O)CCCCCCCCCCC/C=C\C/C=C\CCCCC)OC(=O)CCCCCCCCCCC/C=C\C/C=C\CCCCC)OC(C(=O)O)C(O)C1O. The zero-order valence-corrected chi connectivity index (χ0v) is 52.7. The molecule has 0 aromatic carbocycles. The summed E-state index contributed by atoms with van der Waals surface area (Å²) in [6.45, 7) is 5.85. The number of aliphatic hydroxyl groups is 2. The minimum atomic E-state index is -1.91. The predicted octanol–water partition coefficient (Wildman–Crippen LogP) is 18.2. The number of unbranched alkanes of at least 4 members (excludes halogenated alkanes) is 29. The Balaban J connectivity index is 2.66. The molecule has 12 heteroatoms. The van der Waals surface area contributed by atoms with E-state index in [9.17, 15) is 34.5 Å². The third-order valence-electron chi connectivity index (χ3n) is 14.9. The summed E-state index contributed by atoms with van der Waals surface area (Å²) in [7, 11) is 0. The monoisotopic (exact) mass is 1160 g/mol. The maximum absolute atomic E-state index is 13.2. The lowest BCUT2D eigenvalue weighted by Gasteiger charge is -2.40. The quantitative estimate of drug-likeness (QED) is 0.0228. The van der Waals surface area contributed by atoms with Crippen LogP contribution in [0.3, 0.4) is 0 Å². The van der Waals surface area contributed by atoms with Gasteiger partial charge in [0.25, 0.3) is 0 Å². The maximum atomic E-state index is 13.2. The Morgan fingerprint density at radius 2 is 0.759 bits per heavy atom. The van der Waals surface area contributed by atoms with Crippen molar-refractivity contribution in [3.05, 3.63) is 85.1 Å². The molecule has 12 nitrogen and oxygen atoms in total. The first kappa shape index (κ1) is 76.9. The molecule has 0 aromatic rings. The lowest BCUT2D eigenvalue weighted by Crippen LogP contribution is -2.61. The second kappa shape index (κ2) is 58.3. The predicted molar refractivity (Wildman–Crippen MR) is 340 cm³/mol. The molecule has 1 fully saturated rings. The first-order valence-corrected chi connectivity index (χ1v) is 33.6. The van der Waals surface area contributed by atoms with Crippen LogP contribution >= 0.6 is 0 Å². The van der Waals surface area contributed by atoms with Crippen LogP contribution in [0.1, 0.15) is 290 Å². The van der Waals surface area contributed by atoms with E-state index in [2.05, 4.69) is 106 Å². The molecule has 0 radical (unpaired) electrons. The summed E-state index contributed by atoms with van der Waals surface area (Å²) in [5, 5.41) is 31.6. The van der Waals surface area contributed by atoms with Crippen LogP contribution in [0.4, 0.5) is 0 Å². The smallest absolute Gasteiger partial charge is 0.335 e. The van der Waals surface area contributed by atoms with Crippen LogP contribution in [-0.4, -0.2) is 89.2 Å². The van der Waals surface area contributed by atoms with Crippen molar-refractivity contribution < 1.29 is 58.2 Å². The number of carboxylic acid groups (broad SMARTS) is 1. The second-order valence-corrected chi connectivity index (χ2v) is 22.7. The van der Waals surface area contributed by atoms with E-state index < -0.39 is 67.3 Å². The number of rotatable bonds is 57. The number of carbonyl (C=O) groups excluding carboxylic acids is 3. The molecule has 0 amide bonds.